The lowest BCUT2D eigenvalue weighted by Gasteiger charge is -2.18. The maximum atomic E-state index is 11.3. The smallest absolute Gasteiger partial charge is 0.328 e. The zero-order chi connectivity index (χ0) is 13.5. The summed E-state index contributed by atoms with van der Waals surface area (Å²) in [6, 6.07) is 0. The molecule has 2 N–H and O–H groups in total. The lowest BCUT2D eigenvalue weighted by atomic mass is 10.2. The van der Waals surface area contributed by atoms with Gasteiger partial charge >= 0.3 is 11.9 Å². The zero-order valence-electron chi connectivity index (χ0n) is 10.8. The lowest BCUT2D eigenvalue weighted by molar-refractivity contribution is -0.153. The van der Waals surface area contributed by atoms with Crippen LogP contribution in [0.25, 0.3) is 0 Å². The molecule has 0 saturated heterocycles. The first-order chi connectivity index (χ1) is 7.74. The van der Waals surface area contributed by atoms with Crippen LogP contribution >= 0.6 is 0 Å². The highest BCUT2D eigenvalue weighted by Gasteiger charge is 2.15. The molecule has 0 amide bonds. The van der Waals surface area contributed by atoms with Gasteiger partial charge in [0, 0.05) is 0 Å². The van der Waals surface area contributed by atoms with E-state index in [9.17, 15) is 9.59 Å². The minimum absolute atomic E-state index is 0.0642. The van der Waals surface area contributed by atoms with Crippen molar-refractivity contribution in [1.82, 2.24) is 0 Å². The topological polar surface area (TPSA) is 91.0 Å². The van der Waals surface area contributed by atoms with Crippen LogP contribution in [0.1, 0.15) is 34.1 Å². The minimum atomic E-state index is -0.553. The third-order valence-electron chi connectivity index (χ3n) is 1.46. The molecule has 0 bridgehead atoms. The first-order valence-corrected chi connectivity index (χ1v) is 5.41. The van der Waals surface area contributed by atoms with Crippen LogP contribution in [0.5, 0.6) is 0 Å². The molecule has 0 unspecified atom stereocenters. The third-order valence-corrected chi connectivity index (χ3v) is 1.46. The molecule has 0 aromatic rings. The molecule has 0 aliphatic heterocycles. The van der Waals surface area contributed by atoms with Crippen LogP contribution in [0.3, 0.4) is 0 Å². The number of ether oxygens (including phenoxy) is 2. The van der Waals surface area contributed by atoms with Crippen molar-refractivity contribution in [2.75, 3.05) is 13.2 Å². The molecular formula is C11H20N2O4. The van der Waals surface area contributed by atoms with Crippen molar-refractivity contribution >= 4 is 17.8 Å². The molecule has 0 aliphatic carbocycles. The van der Waals surface area contributed by atoms with Crippen molar-refractivity contribution in [1.29, 1.82) is 0 Å². The molecule has 17 heavy (non-hydrogen) atoms. The van der Waals surface area contributed by atoms with Crippen LogP contribution in [-0.2, 0) is 19.1 Å². The fourth-order valence-corrected chi connectivity index (χ4v) is 0.956. The number of hydrogen-bond donors (Lipinski definition) is 1. The summed E-state index contributed by atoms with van der Waals surface area (Å²) in [6.07, 6.45) is -0.114. The van der Waals surface area contributed by atoms with Gasteiger partial charge in [0.25, 0.3) is 0 Å². The number of amidine groups is 1. The second-order valence-corrected chi connectivity index (χ2v) is 4.38. The Morgan fingerprint density at radius 2 is 1.82 bits per heavy atom. The molecule has 0 heterocycles. The molecule has 0 atom stereocenters. The predicted molar refractivity (Wildman–Crippen MR) is 63.6 cm³/mol. The van der Waals surface area contributed by atoms with Gasteiger partial charge in [-0.25, -0.2) is 0 Å². The summed E-state index contributed by atoms with van der Waals surface area (Å²) in [5.41, 5.74) is 4.91. The van der Waals surface area contributed by atoms with Crippen LogP contribution in [-0.4, -0.2) is 36.5 Å². The molecule has 0 spiro atoms. The Kier molecular flexibility index (Phi) is 6.23. The molecule has 0 aliphatic rings. The second kappa shape index (κ2) is 6.88. The van der Waals surface area contributed by atoms with Crippen molar-refractivity contribution in [3.05, 3.63) is 0 Å². The van der Waals surface area contributed by atoms with Gasteiger partial charge in [0.1, 0.15) is 24.4 Å². The van der Waals surface area contributed by atoms with Crippen LogP contribution in [0.15, 0.2) is 4.99 Å². The molecule has 98 valence electrons. The number of nitrogens with zero attached hydrogens (tertiary/aromatic N) is 1. The van der Waals surface area contributed by atoms with Crippen molar-refractivity contribution < 1.29 is 19.1 Å². The Bertz CT molecular complexity index is 305. The summed E-state index contributed by atoms with van der Waals surface area (Å²) in [5.74, 6) is -0.878. The summed E-state index contributed by atoms with van der Waals surface area (Å²) >= 11 is 0. The van der Waals surface area contributed by atoms with Gasteiger partial charge in [-0.1, -0.05) is 0 Å². The summed E-state index contributed by atoms with van der Waals surface area (Å²) < 4.78 is 9.71. The minimum Gasteiger partial charge on any atom is -0.466 e. The second-order valence-electron chi connectivity index (χ2n) is 4.38. The van der Waals surface area contributed by atoms with E-state index in [0.29, 0.717) is 0 Å². The Morgan fingerprint density at radius 3 is 2.29 bits per heavy atom. The fourth-order valence-electron chi connectivity index (χ4n) is 0.956. The van der Waals surface area contributed by atoms with E-state index >= 15 is 0 Å². The van der Waals surface area contributed by atoms with Gasteiger partial charge in [-0.2, -0.15) is 0 Å². The van der Waals surface area contributed by atoms with Gasteiger partial charge in [0.15, 0.2) is 0 Å². The highest BCUT2D eigenvalue weighted by atomic mass is 16.6. The average molecular weight is 244 g/mol. The summed E-state index contributed by atoms with van der Waals surface area (Å²) in [4.78, 5) is 26.1. The third kappa shape index (κ3) is 9.35. The average Bonchev–Trinajstić information content (AvgIpc) is 2.12. The van der Waals surface area contributed by atoms with E-state index in [1.807, 2.05) is 0 Å². The Balaban J connectivity index is 4.07. The number of hydrogen-bond acceptors (Lipinski definition) is 5. The van der Waals surface area contributed by atoms with Crippen molar-refractivity contribution in [3.8, 4) is 0 Å². The van der Waals surface area contributed by atoms with E-state index < -0.39 is 17.5 Å². The van der Waals surface area contributed by atoms with Gasteiger partial charge < -0.3 is 15.2 Å². The molecular weight excluding hydrogens is 224 g/mol. The lowest BCUT2D eigenvalue weighted by Crippen LogP contribution is -2.26. The van der Waals surface area contributed by atoms with E-state index in [1.165, 1.54) is 0 Å². The molecule has 0 radical (unpaired) electrons. The number of rotatable bonds is 5. The summed E-state index contributed by atoms with van der Waals surface area (Å²) in [5, 5.41) is 0. The fraction of sp³-hybridized carbons (Fsp3) is 0.727. The Labute approximate surface area is 101 Å². The van der Waals surface area contributed by atoms with Gasteiger partial charge in [-0.3, -0.25) is 14.6 Å². The Hall–Kier alpha value is -1.59. The SMILES string of the molecule is CCOC(=O)CC(N)=NCC(=O)OC(C)(C)C. The van der Waals surface area contributed by atoms with Crippen molar-refractivity contribution in [2.45, 2.75) is 39.7 Å². The number of aliphatic imine (C=N–C) groups is 1. The molecule has 0 aromatic heterocycles. The molecule has 0 rings (SSSR count). The van der Waals surface area contributed by atoms with E-state index in [-0.39, 0.29) is 25.4 Å². The quantitative estimate of drug-likeness (QED) is 0.435. The van der Waals surface area contributed by atoms with Crippen LogP contribution in [0.2, 0.25) is 0 Å². The molecule has 0 fully saturated rings. The van der Waals surface area contributed by atoms with E-state index in [4.69, 9.17) is 10.5 Å². The summed E-state index contributed by atoms with van der Waals surface area (Å²) in [7, 11) is 0. The van der Waals surface area contributed by atoms with Gasteiger partial charge in [-0.15, -0.1) is 0 Å². The predicted octanol–water partition coefficient (Wildman–Crippen LogP) is 0.638. The molecule has 6 nitrogen and oxygen atoms in total. The number of carbonyl (C=O) groups is 2. The highest BCUT2D eigenvalue weighted by molar-refractivity contribution is 5.97. The largest absolute Gasteiger partial charge is 0.466 e. The summed E-state index contributed by atoms with van der Waals surface area (Å²) in [6.45, 7) is 7.08. The maximum absolute atomic E-state index is 11.3. The van der Waals surface area contributed by atoms with E-state index in [1.54, 1.807) is 27.7 Å². The van der Waals surface area contributed by atoms with Crippen LogP contribution in [0, 0.1) is 0 Å². The number of nitrogens with two attached hydrogens (primary N) is 1. The van der Waals surface area contributed by atoms with E-state index in [0.717, 1.165) is 0 Å². The first-order valence-electron chi connectivity index (χ1n) is 5.41. The molecule has 0 saturated carbocycles. The van der Waals surface area contributed by atoms with Crippen LogP contribution < -0.4 is 5.73 Å². The zero-order valence-corrected chi connectivity index (χ0v) is 10.8. The van der Waals surface area contributed by atoms with Crippen molar-refractivity contribution in [2.24, 2.45) is 10.7 Å². The van der Waals surface area contributed by atoms with Crippen molar-refractivity contribution in [3.63, 3.8) is 0 Å². The number of carbonyl (C=O) groups excluding carboxylic acids is 2. The van der Waals surface area contributed by atoms with E-state index in [2.05, 4.69) is 9.73 Å². The number of esters is 2. The molecule has 6 heteroatoms. The standard InChI is InChI=1S/C11H20N2O4/c1-5-16-9(14)6-8(12)13-7-10(15)17-11(2,3)4/h5-7H2,1-4H3,(H2,12,13). The first kappa shape index (κ1) is 15.4. The normalized spacial score (nSPS) is 12.1. The maximum Gasteiger partial charge on any atom is 0.328 e. The van der Waals surface area contributed by atoms with Gasteiger partial charge in [0.2, 0.25) is 0 Å². The highest BCUT2D eigenvalue weighted by Crippen LogP contribution is 2.06. The van der Waals surface area contributed by atoms with Gasteiger partial charge in [0.05, 0.1) is 6.61 Å². The monoisotopic (exact) mass is 244 g/mol. The van der Waals surface area contributed by atoms with Gasteiger partial charge in [-0.05, 0) is 27.7 Å². The Morgan fingerprint density at radius 1 is 1.24 bits per heavy atom. The molecule has 0 aromatic carbocycles. The van der Waals surface area contributed by atoms with Crippen LogP contribution in [0.4, 0.5) is 0 Å².